The standard InChI is InChI=1S/C10H15N5O2S/c1-3-4-8-7(5-16)11-14-15(8)10-13-12-9(18-10)6-17-2/h16H,3-6H2,1-2H3. The molecule has 2 rings (SSSR count). The monoisotopic (exact) mass is 269 g/mol. The Hall–Kier alpha value is -1.38. The number of hydrogen-bond donors (Lipinski definition) is 1. The molecule has 0 aliphatic heterocycles. The molecular weight excluding hydrogens is 254 g/mol. The van der Waals surface area contributed by atoms with E-state index in [1.165, 1.54) is 11.3 Å². The quantitative estimate of drug-likeness (QED) is 0.831. The van der Waals surface area contributed by atoms with Gasteiger partial charge in [-0.05, 0) is 6.42 Å². The van der Waals surface area contributed by atoms with E-state index in [1.54, 1.807) is 11.8 Å². The van der Waals surface area contributed by atoms with Crippen LogP contribution in [0.2, 0.25) is 0 Å². The van der Waals surface area contributed by atoms with E-state index in [0.29, 0.717) is 17.4 Å². The Balaban J connectivity index is 2.33. The average Bonchev–Trinajstić information content (AvgIpc) is 2.96. The van der Waals surface area contributed by atoms with Crippen LogP contribution in [0, 0.1) is 0 Å². The lowest BCUT2D eigenvalue weighted by molar-refractivity contribution is 0.184. The van der Waals surface area contributed by atoms with Crippen LogP contribution in [0.1, 0.15) is 29.7 Å². The van der Waals surface area contributed by atoms with Crippen LogP contribution in [0.25, 0.3) is 5.13 Å². The van der Waals surface area contributed by atoms with Crippen LogP contribution in [-0.4, -0.2) is 37.4 Å². The van der Waals surface area contributed by atoms with Crippen molar-refractivity contribution in [2.24, 2.45) is 0 Å². The van der Waals surface area contributed by atoms with Crippen molar-refractivity contribution in [1.82, 2.24) is 25.2 Å². The van der Waals surface area contributed by atoms with Crippen LogP contribution < -0.4 is 0 Å². The van der Waals surface area contributed by atoms with Gasteiger partial charge < -0.3 is 9.84 Å². The number of aliphatic hydroxyl groups is 1. The number of nitrogens with zero attached hydrogens (tertiary/aromatic N) is 5. The Morgan fingerprint density at radius 1 is 1.33 bits per heavy atom. The average molecular weight is 269 g/mol. The lowest BCUT2D eigenvalue weighted by atomic mass is 10.2. The van der Waals surface area contributed by atoms with Crippen LogP contribution >= 0.6 is 11.3 Å². The zero-order chi connectivity index (χ0) is 13.0. The van der Waals surface area contributed by atoms with Gasteiger partial charge >= 0.3 is 0 Å². The number of hydrogen-bond acceptors (Lipinski definition) is 7. The summed E-state index contributed by atoms with van der Waals surface area (Å²) in [6.45, 7) is 2.39. The Morgan fingerprint density at radius 2 is 2.17 bits per heavy atom. The minimum Gasteiger partial charge on any atom is -0.390 e. The van der Waals surface area contributed by atoms with Crippen molar-refractivity contribution in [1.29, 1.82) is 0 Å². The molecule has 18 heavy (non-hydrogen) atoms. The summed E-state index contributed by atoms with van der Waals surface area (Å²) in [5, 5.41) is 26.7. The molecule has 1 N–H and O–H groups in total. The van der Waals surface area contributed by atoms with Crippen molar-refractivity contribution in [3.63, 3.8) is 0 Å². The third-order valence-corrected chi connectivity index (χ3v) is 3.26. The first kappa shape index (κ1) is 13.1. The maximum atomic E-state index is 9.23. The summed E-state index contributed by atoms with van der Waals surface area (Å²) >= 11 is 1.41. The van der Waals surface area contributed by atoms with Crippen LogP contribution in [0.15, 0.2) is 0 Å². The van der Waals surface area contributed by atoms with Gasteiger partial charge in [0.25, 0.3) is 0 Å². The SMILES string of the molecule is CCCc1c(CO)nnn1-c1nnc(COC)s1. The molecule has 0 saturated heterocycles. The molecule has 98 valence electrons. The second kappa shape index (κ2) is 5.98. The largest absolute Gasteiger partial charge is 0.390 e. The summed E-state index contributed by atoms with van der Waals surface area (Å²) in [7, 11) is 1.61. The molecule has 0 aromatic carbocycles. The third-order valence-electron chi connectivity index (χ3n) is 2.39. The predicted molar refractivity (Wildman–Crippen MR) is 65.5 cm³/mol. The van der Waals surface area contributed by atoms with E-state index in [-0.39, 0.29) is 6.61 Å². The Kier molecular flexibility index (Phi) is 4.34. The number of aromatic nitrogens is 5. The zero-order valence-electron chi connectivity index (χ0n) is 10.3. The normalized spacial score (nSPS) is 11.1. The van der Waals surface area contributed by atoms with E-state index >= 15 is 0 Å². The van der Waals surface area contributed by atoms with E-state index in [1.807, 2.05) is 0 Å². The van der Waals surface area contributed by atoms with Crippen LogP contribution in [0.3, 0.4) is 0 Å². The molecule has 0 fully saturated rings. The maximum Gasteiger partial charge on any atom is 0.234 e. The molecule has 2 aromatic rings. The van der Waals surface area contributed by atoms with Crippen LogP contribution in [0.4, 0.5) is 0 Å². The van der Waals surface area contributed by atoms with Gasteiger partial charge in [-0.1, -0.05) is 29.9 Å². The minimum absolute atomic E-state index is 0.112. The first-order valence-electron chi connectivity index (χ1n) is 5.66. The van der Waals surface area contributed by atoms with Gasteiger partial charge in [0, 0.05) is 7.11 Å². The highest BCUT2D eigenvalue weighted by atomic mass is 32.1. The molecule has 7 nitrogen and oxygen atoms in total. The van der Waals surface area contributed by atoms with Gasteiger partial charge in [-0.2, -0.15) is 4.68 Å². The van der Waals surface area contributed by atoms with Crippen molar-refractivity contribution in [2.75, 3.05) is 7.11 Å². The van der Waals surface area contributed by atoms with Gasteiger partial charge in [0.1, 0.15) is 17.3 Å². The van der Waals surface area contributed by atoms with E-state index in [9.17, 15) is 5.11 Å². The zero-order valence-corrected chi connectivity index (χ0v) is 11.1. The summed E-state index contributed by atoms with van der Waals surface area (Å²) in [6.07, 6.45) is 1.74. The van der Waals surface area contributed by atoms with Crippen LogP contribution in [0.5, 0.6) is 0 Å². The van der Waals surface area contributed by atoms with Gasteiger partial charge in [-0.15, -0.1) is 15.3 Å². The van der Waals surface area contributed by atoms with Crippen molar-refractivity contribution >= 4 is 11.3 Å². The molecule has 0 bridgehead atoms. The summed E-state index contributed by atoms with van der Waals surface area (Å²) in [5.41, 5.74) is 1.49. The number of aliphatic hydroxyl groups excluding tert-OH is 1. The van der Waals surface area contributed by atoms with E-state index in [2.05, 4.69) is 27.4 Å². The molecule has 0 aliphatic carbocycles. The summed E-state index contributed by atoms with van der Waals surface area (Å²) in [5.74, 6) is 0. The highest BCUT2D eigenvalue weighted by molar-refractivity contribution is 7.13. The lowest BCUT2D eigenvalue weighted by Gasteiger charge is -2.01. The molecule has 2 heterocycles. The molecule has 0 saturated carbocycles. The topological polar surface area (TPSA) is 86.0 Å². The van der Waals surface area contributed by atoms with Crippen LogP contribution in [-0.2, 0) is 24.4 Å². The van der Waals surface area contributed by atoms with Crippen molar-refractivity contribution in [3.05, 3.63) is 16.4 Å². The van der Waals surface area contributed by atoms with Gasteiger partial charge in [0.15, 0.2) is 0 Å². The first-order chi connectivity index (χ1) is 8.80. The summed E-state index contributed by atoms with van der Waals surface area (Å²) in [4.78, 5) is 0. The second-order valence-corrected chi connectivity index (χ2v) is 4.75. The van der Waals surface area contributed by atoms with Crippen molar-refractivity contribution in [2.45, 2.75) is 33.0 Å². The smallest absolute Gasteiger partial charge is 0.234 e. The Bertz CT molecular complexity index is 510. The highest BCUT2D eigenvalue weighted by Crippen LogP contribution is 2.19. The summed E-state index contributed by atoms with van der Waals surface area (Å²) < 4.78 is 6.65. The Morgan fingerprint density at radius 3 is 2.83 bits per heavy atom. The molecule has 0 unspecified atom stereocenters. The predicted octanol–water partition coefficient (Wildman–Crippen LogP) is 0.710. The lowest BCUT2D eigenvalue weighted by Crippen LogP contribution is -2.03. The highest BCUT2D eigenvalue weighted by Gasteiger charge is 2.16. The fourth-order valence-electron chi connectivity index (χ4n) is 1.61. The molecule has 0 atom stereocenters. The maximum absolute atomic E-state index is 9.23. The molecule has 8 heteroatoms. The van der Waals surface area contributed by atoms with Gasteiger partial charge in [-0.3, -0.25) is 0 Å². The van der Waals surface area contributed by atoms with Crippen molar-refractivity contribution < 1.29 is 9.84 Å². The second-order valence-electron chi connectivity index (χ2n) is 3.71. The fourth-order valence-corrected chi connectivity index (χ4v) is 2.39. The number of ether oxygens (including phenoxy) is 1. The fraction of sp³-hybridized carbons (Fsp3) is 0.600. The molecule has 2 aromatic heterocycles. The van der Waals surface area contributed by atoms with Crippen molar-refractivity contribution in [3.8, 4) is 5.13 Å². The summed E-state index contributed by atoms with van der Waals surface area (Å²) in [6, 6.07) is 0. The minimum atomic E-state index is -0.112. The van der Waals surface area contributed by atoms with E-state index < -0.39 is 0 Å². The molecular formula is C10H15N5O2S. The molecule has 0 aliphatic rings. The number of rotatable bonds is 6. The van der Waals surface area contributed by atoms with Gasteiger partial charge in [0.05, 0.1) is 12.3 Å². The first-order valence-corrected chi connectivity index (χ1v) is 6.47. The Labute approximate surface area is 108 Å². The van der Waals surface area contributed by atoms with Gasteiger partial charge in [-0.25, -0.2) is 0 Å². The van der Waals surface area contributed by atoms with Gasteiger partial charge in [0.2, 0.25) is 5.13 Å². The molecule has 0 amide bonds. The molecule has 0 radical (unpaired) electrons. The molecule has 0 spiro atoms. The number of methoxy groups -OCH3 is 1. The van der Waals surface area contributed by atoms with E-state index in [0.717, 1.165) is 23.5 Å². The van der Waals surface area contributed by atoms with E-state index in [4.69, 9.17) is 4.74 Å². The third kappa shape index (κ3) is 2.55.